The van der Waals surface area contributed by atoms with Gasteiger partial charge in [0.15, 0.2) is 0 Å². The first-order valence-electron chi connectivity index (χ1n) is 5.48. The predicted octanol–water partition coefficient (Wildman–Crippen LogP) is 2.09. The van der Waals surface area contributed by atoms with Gasteiger partial charge < -0.3 is 10.1 Å². The molecule has 0 aromatic rings. The van der Waals surface area contributed by atoms with E-state index in [9.17, 15) is 0 Å². The molecule has 1 aliphatic heterocycles. The molecular weight excluding hydrogens is 162 g/mol. The van der Waals surface area contributed by atoms with Crippen molar-refractivity contribution in [3.63, 3.8) is 0 Å². The minimum atomic E-state index is 0.00257. The summed E-state index contributed by atoms with van der Waals surface area (Å²) >= 11 is 0. The lowest BCUT2D eigenvalue weighted by atomic mass is 9.91. The molecule has 1 saturated heterocycles. The SMILES string of the molecule is CC1NCC2(CCCC2)OC1(C)C. The van der Waals surface area contributed by atoms with Crippen LogP contribution in [0.4, 0.5) is 0 Å². The number of hydrogen-bond donors (Lipinski definition) is 1. The first-order valence-corrected chi connectivity index (χ1v) is 5.48. The van der Waals surface area contributed by atoms with Crippen molar-refractivity contribution < 1.29 is 4.74 Å². The molecule has 0 bridgehead atoms. The second kappa shape index (κ2) is 2.96. The topological polar surface area (TPSA) is 21.3 Å². The van der Waals surface area contributed by atoms with Gasteiger partial charge in [-0.15, -0.1) is 0 Å². The third-order valence-corrected chi connectivity index (χ3v) is 3.77. The fraction of sp³-hybridized carbons (Fsp3) is 1.00. The molecule has 1 atom stereocenters. The van der Waals surface area contributed by atoms with Gasteiger partial charge in [-0.25, -0.2) is 0 Å². The standard InChI is InChI=1S/C11H21NO/c1-9-10(2,3)13-11(8-12-9)6-4-5-7-11/h9,12H,4-8H2,1-3H3. The Morgan fingerprint density at radius 2 is 1.85 bits per heavy atom. The molecule has 1 unspecified atom stereocenters. The van der Waals surface area contributed by atoms with Crippen LogP contribution in [-0.4, -0.2) is 23.8 Å². The summed E-state index contributed by atoms with van der Waals surface area (Å²) in [6.45, 7) is 7.66. The molecule has 1 aliphatic carbocycles. The Morgan fingerprint density at radius 1 is 1.23 bits per heavy atom. The average Bonchev–Trinajstić information content (AvgIpc) is 2.46. The smallest absolute Gasteiger partial charge is 0.0814 e. The molecule has 1 saturated carbocycles. The summed E-state index contributed by atoms with van der Waals surface area (Å²) in [5.74, 6) is 0. The Balaban J connectivity index is 2.10. The van der Waals surface area contributed by atoms with Gasteiger partial charge in [-0.1, -0.05) is 12.8 Å². The Bertz CT molecular complexity index is 194. The molecule has 1 N–H and O–H groups in total. The van der Waals surface area contributed by atoms with Crippen molar-refractivity contribution in [2.75, 3.05) is 6.54 Å². The third-order valence-electron chi connectivity index (χ3n) is 3.77. The maximum Gasteiger partial charge on any atom is 0.0814 e. The highest BCUT2D eigenvalue weighted by atomic mass is 16.5. The van der Waals surface area contributed by atoms with Gasteiger partial charge in [-0.3, -0.25) is 0 Å². The first-order chi connectivity index (χ1) is 6.04. The fourth-order valence-corrected chi connectivity index (χ4v) is 2.57. The van der Waals surface area contributed by atoms with Crippen LogP contribution >= 0.6 is 0 Å². The molecule has 2 heteroatoms. The largest absolute Gasteiger partial charge is 0.366 e. The number of rotatable bonds is 0. The van der Waals surface area contributed by atoms with Crippen LogP contribution in [0, 0.1) is 0 Å². The second-order valence-electron chi connectivity index (χ2n) is 5.20. The molecule has 2 rings (SSSR count). The zero-order valence-electron chi connectivity index (χ0n) is 9.02. The molecule has 2 aliphatic rings. The molecule has 0 aromatic heterocycles. The van der Waals surface area contributed by atoms with Crippen molar-refractivity contribution >= 4 is 0 Å². The van der Waals surface area contributed by atoms with Crippen molar-refractivity contribution in [3.05, 3.63) is 0 Å². The molecule has 13 heavy (non-hydrogen) atoms. The van der Waals surface area contributed by atoms with E-state index in [4.69, 9.17) is 4.74 Å². The molecular formula is C11H21NO. The molecule has 1 heterocycles. The van der Waals surface area contributed by atoms with Gasteiger partial charge in [-0.2, -0.15) is 0 Å². The van der Waals surface area contributed by atoms with E-state index in [1.54, 1.807) is 0 Å². The van der Waals surface area contributed by atoms with Gasteiger partial charge >= 0.3 is 0 Å². The average molecular weight is 183 g/mol. The summed E-state index contributed by atoms with van der Waals surface area (Å²) in [4.78, 5) is 0. The summed E-state index contributed by atoms with van der Waals surface area (Å²) in [6.07, 6.45) is 5.17. The minimum Gasteiger partial charge on any atom is -0.366 e. The molecule has 0 amide bonds. The van der Waals surface area contributed by atoms with Gasteiger partial charge in [0.2, 0.25) is 0 Å². The lowest BCUT2D eigenvalue weighted by Crippen LogP contribution is -2.61. The van der Waals surface area contributed by atoms with Crippen LogP contribution in [-0.2, 0) is 4.74 Å². The minimum absolute atomic E-state index is 0.00257. The Labute approximate surface area is 81.0 Å². The first kappa shape index (κ1) is 9.47. The summed E-state index contributed by atoms with van der Waals surface area (Å²) < 4.78 is 6.27. The summed E-state index contributed by atoms with van der Waals surface area (Å²) in [7, 11) is 0. The zero-order valence-corrected chi connectivity index (χ0v) is 9.02. The molecule has 2 fully saturated rings. The highest BCUT2D eigenvalue weighted by Crippen LogP contribution is 2.39. The molecule has 76 valence electrons. The normalized spacial score (nSPS) is 36.7. The number of hydrogen-bond acceptors (Lipinski definition) is 2. The third kappa shape index (κ3) is 1.62. The van der Waals surface area contributed by atoms with Crippen LogP contribution in [0.3, 0.4) is 0 Å². The monoisotopic (exact) mass is 183 g/mol. The Morgan fingerprint density at radius 3 is 2.38 bits per heavy atom. The highest BCUT2D eigenvalue weighted by molar-refractivity contribution is 4.99. The van der Waals surface area contributed by atoms with E-state index in [0.717, 1.165) is 6.54 Å². The van der Waals surface area contributed by atoms with Crippen molar-refractivity contribution in [1.82, 2.24) is 5.32 Å². The van der Waals surface area contributed by atoms with E-state index in [0.29, 0.717) is 6.04 Å². The molecule has 1 spiro atoms. The highest BCUT2D eigenvalue weighted by Gasteiger charge is 2.45. The van der Waals surface area contributed by atoms with Gasteiger partial charge in [0.05, 0.1) is 11.2 Å². The van der Waals surface area contributed by atoms with Crippen LogP contribution in [0.2, 0.25) is 0 Å². The molecule has 2 nitrogen and oxygen atoms in total. The maximum absolute atomic E-state index is 6.27. The number of morpholine rings is 1. The fourth-order valence-electron chi connectivity index (χ4n) is 2.57. The van der Waals surface area contributed by atoms with Gasteiger partial charge in [0.1, 0.15) is 0 Å². The van der Waals surface area contributed by atoms with Gasteiger partial charge in [-0.05, 0) is 33.6 Å². The van der Waals surface area contributed by atoms with Crippen molar-refractivity contribution in [2.24, 2.45) is 0 Å². The van der Waals surface area contributed by atoms with E-state index in [2.05, 4.69) is 26.1 Å². The number of nitrogens with one attached hydrogen (secondary N) is 1. The summed E-state index contributed by atoms with van der Waals surface area (Å²) in [6, 6.07) is 0.471. The van der Waals surface area contributed by atoms with Crippen LogP contribution in [0.5, 0.6) is 0 Å². The van der Waals surface area contributed by atoms with Gasteiger partial charge in [0.25, 0.3) is 0 Å². The van der Waals surface area contributed by atoms with Crippen LogP contribution in [0.1, 0.15) is 46.5 Å². The second-order valence-corrected chi connectivity index (χ2v) is 5.20. The van der Waals surface area contributed by atoms with E-state index in [-0.39, 0.29) is 11.2 Å². The van der Waals surface area contributed by atoms with Crippen molar-refractivity contribution in [1.29, 1.82) is 0 Å². The summed E-state index contributed by atoms with van der Waals surface area (Å²) in [5.41, 5.74) is 0.179. The van der Waals surface area contributed by atoms with E-state index < -0.39 is 0 Å². The number of ether oxygens (including phenoxy) is 1. The maximum atomic E-state index is 6.27. The van der Waals surface area contributed by atoms with E-state index >= 15 is 0 Å². The van der Waals surface area contributed by atoms with Crippen molar-refractivity contribution in [3.8, 4) is 0 Å². The Kier molecular flexibility index (Phi) is 2.16. The van der Waals surface area contributed by atoms with E-state index in [1.807, 2.05) is 0 Å². The quantitative estimate of drug-likeness (QED) is 0.621. The zero-order chi connectivity index (χ0) is 9.53. The van der Waals surface area contributed by atoms with Crippen LogP contribution in [0.25, 0.3) is 0 Å². The van der Waals surface area contributed by atoms with E-state index in [1.165, 1.54) is 25.7 Å². The van der Waals surface area contributed by atoms with Crippen LogP contribution < -0.4 is 5.32 Å². The van der Waals surface area contributed by atoms with Crippen molar-refractivity contribution in [2.45, 2.75) is 63.7 Å². The molecule has 0 radical (unpaired) electrons. The lowest BCUT2D eigenvalue weighted by Gasteiger charge is -2.47. The summed E-state index contributed by atoms with van der Waals surface area (Å²) in [5, 5.41) is 3.58. The van der Waals surface area contributed by atoms with Gasteiger partial charge in [0, 0.05) is 12.6 Å². The lowest BCUT2D eigenvalue weighted by molar-refractivity contribution is -0.176. The predicted molar refractivity (Wildman–Crippen MR) is 53.8 cm³/mol. The van der Waals surface area contributed by atoms with Crippen LogP contribution in [0.15, 0.2) is 0 Å². The molecule has 0 aromatic carbocycles. The Hall–Kier alpha value is -0.0800.